The number of methoxy groups -OCH3 is 1. The Balaban J connectivity index is 1.55. The number of carbonyl (C=O) groups excluding carboxylic acids is 1. The molecule has 0 saturated heterocycles. The number of para-hydroxylation sites is 2. The number of nitrogens with one attached hydrogen (secondary N) is 3. The first-order valence-corrected chi connectivity index (χ1v) is 13.5. The second-order valence-electron chi connectivity index (χ2n) is 8.39. The van der Waals surface area contributed by atoms with Gasteiger partial charge in [0.25, 0.3) is 0 Å². The Labute approximate surface area is 244 Å². The van der Waals surface area contributed by atoms with Gasteiger partial charge < -0.3 is 20.7 Å². The minimum Gasteiger partial charge on any atom is -0.495 e. The molecule has 1 amide bonds. The number of anilines is 3. The van der Waals surface area contributed by atoms with Gasteiger partial charge in [0, 0.05) is 15.6 Å². The molecule has 11 heteroatoms. The van der Waals surface area contributed by atoms with E-state index >= 15 is 0 Å². The highest BCUT2D eigenvalue weighted by atomic mass is 35.5. The maximum absolute atomic E-state index is 13.6. The highest BCUT2D eigenvalue weighted by molar-refractivity contribution is 8.00. The molecule has 0 aliphatic rings. The van der Waals surface area contributed by atoms with Crippen LogP contribution in [0.5, 0.6) is 5.75 Å². The molecule has 0 aliphatic heterocycles. The van der Waals surface area contributed by atoms with E-state index in [-0.39, 0.29) is 10.7 Å². The third kappa shape index (κ3) is 7.68. The Morgan fingerprint density at radius 2 is 1.60 bits per heavy atom. The summed E-state index contributed by atoms with van der Waals surface area (Å²) in [4.78, 5) is 14.1. The van der Waals surface area contributed by atoms with E-state index in [1.54, 1.807) is 67.8 Å². The Morgan fingerprint density at radius 3 is 2.33 bits per heavy atom. The maximum Gasteiger partial charge on any atom is 0.418 e. The van der Waals surface area contributed by atoms with E-state index in [9.17, 15) is 18.0 Å². The number of carbonyl (C=O) groups is 1. The van der Waals surface area contributed by atoms with Crippen molar-refractivity contribution in [1.29, 1.82) is 0 Å². The molecule has 1 unspecified atom stereocenters. The fourth-order valence-electron chi connectivity index (χ4n) is 3.77. The van der Waals surface area contributed by atoms with Crippen LogP contribution in [0.25, 0.3) is 0 Å². The number of alkyl halides is 3. The van der Waals surface area contributed by atoms with Crippen LogP contribution < -0.4 is 20.7 Å². The van der Waals surface area contributed by atoms with Gasteiger partial charge in [-0.05, 0) is 66.3 Å². The molecule has 4 aromatic rings. The fraction of sp³-hybridized carbons (Fsp3) is 0.103. The molecule has 0 aliphatic carbocycles. The first-order valence-electron chi connectivity index (χ1n) is 11.8. The van der Waals surface area contributed by atoms with Crippen LogP contribution >= 0.6 is 35.6 Å². The van der Waals surface area contributed by atoms with Crippen LogP contribution in [-0.4, -0.2) is 18.1 Å². The summed E-state index contributed by atoms with van der Waals surface area (Å²) in [5, 5.41) is 8.03. The van der Waals surface area contributed by atoms with Gasteiger partial charge in [-0.3, -0.25) is 4.79 Å². The van der Waals surface area contributed by atoms with Crippen molar-refractivity contribution >= 4 is 63.7 Å². The van der Waals surface area contributed by atoms with Crippen molar-refractivity contribution < 1.29 is 22.7 Å². The van der Waals surface area contributed by atoms with Crippen molar-refractivity contribution in [2.45, 2.75) is 16.3 Å². The van der Waals surface area contributed by atoms with Crippen molar-refractivity contribution in [3.63, 3.8) is 0 Å². The number of hydrogen-bond acceptors (Lipinski definition) is 4. The van der Waals surface area contributed by atoms with Crippen LogP contribution in [0.3, 0.4) is 0 Å². The number of thioether (sulfide) groups is 1. The summed E-state index contributed by atoms with van der Waals surface area (Å²) in [6, 6.07) is 26.6. The molecular weight excluding hydrogens is 579 g/mol. The summed E-state index contributed by atoms with van der Waals surface area (Å²) >= 11 is 12.4. The second-order valence-corrected chi connectivity index (χ2v) is 10.4. The van der Waals surface area contributed by atoms with Crippen LogP contribution in [0.2, 0.25) is 5.02 Å². The first-order chi connectivity index (χ1) is 19.1. The van der Waals surface area contributed by atoms with Gasteiger partial charge in [-0.1, -0.05) is 60.1 Å². The lowest BCUT2D eigenvalue weighted by atomic mass is 10.1. The van der Waals surface area contributed by atoms with E-state index in [1.165, 1.54) is 17.8 Å². The molecule has 0 heterocycles. The minimum atomic E-state index is -4.70. The number of rotatable bonds is 8. The molecule has 0 spiro atoms. The maximum atomic E-state index is 13.6. The lowest BCUT2D eigenvalue weighted by Crippen LogP contribution is -2.21. The van der Waals surface area contributed by atoms with E-state index in [2.05, 4.69) is 16.0 Å². The fourth-order valence-corrected chi connectivity index (χ4v) is 5.26. The zero-order chi connectivity index (χ0) is 28.7. The van der Waals surface area contributed by atoms with Gasteiger partial charge in [0.15, 0.2) is 5.11 Å². The highest BCUT2D eigenvalue weighted by Crippen LogP contribution is 2.40. The highest BCUT2D eigenvalue weighted by Gasteiger charge is 2.35. The monoisotopic (exact) mass is 601 g/mol. The summed E-state index contributed by atoms with van der Waals surface area (Å²) in [7, 11) is 1.56. The van der Waals surface area contributed by atoms with E-state index in [4.69, 9.17) is 28.6 Å². The largest absolute Gasteiger partial charge is 0.495 e. The van der Waals surface area contributed by atoms with Crippen molar-refractivity contribution in [2.75, 3.05) is 23.1 Å². The number of halogens is 4. The molecule has 0 aromatic heterocycles. The van der Waals surface area contributed by atoms with Crippen LogP contribution in [0.15, 0.2) is 102 Å². The van der Waals surface area contributed by atoms with E-state index < -0.39 is 22.9 Å². The third-order valence-corrected chi connectivity index (χ3v) is 7.27. The molecular formula is C29H23ClF3N3O2S2. The van der Waals surface area contributed by atoms with E-state index in [1.807, 2.05) is 18.2 Å². The van der Waals surface area contributed by atoms with Crippen LogP contribution in [-0.2, 0) is 11.0 Å². The topological polar surface area (TPSA) is 62.4 Å². The van der Waals surface area contributed by atoms with Gasteiger partial charge in [-0.25, -0.2) is 0 Å². The Hall–Kier alpha value is -3.73. The predicted octanol–water partition coefficient (Wildman–Crippen LogP) is 8.65. The lowest BCUT2D eigenvalue weighted by molar-refractivity contribution is -0.137. The summed E-state index contributed by atoms with van der Waals surface area (Å²) in [5.74, 6) is 0.0118. The SMILES string of the molecule is COc1ccccc1NC(=S)Nc1cccc(SC(C(=O)Nc2ccc(Cl)cc2C(F)(F)F)c2ccccc2)c1. The molecule has 4 rings (SSSR count). The van der Waals surface area contributed by atoms with Crippen LogP contribution in [0.1, 0.15) is 16.4 Å². The van der Waals surface area contributed by atoms with Crippen molar-refractivity contribution in [2.24, 2.45) is 0 Å². The quantitative estimate of drug-likeness (QED) is 0.139. The first kappa shape index (κ1) is 29.3. The average molecular weight is 602 g/mol. The molecule has 5 nitrogen and oxygen atoms in total. The van der Waals surface area contributed by atoms with Gasteiger partial charge in [0.1, 0.15) is 11.0 Å². The Morgan fingerprint density at radius 1 is 0.875 bits per heavy atom. The summed E-state index contributed by atoms with van der Waals surface area (Å²) < 4.78 is 46.2. The summed E-state index contributed by atoms with van der Waals surface area (Å²) in [6.07, 6.45) is -4.70. The second kappa shape index (κ2) is 13.1. The molecule has 0 radical (unpaired) electrons. The average Bonchev–Trinajstić information content (AvgIpc) is 2.93. The molecule has 1 atom stereocenters. The number of hydrogen-bond donors (Lipinski definition) is 3. The normalized spacial score (nSPS) is 11.8. The van der Waals surface area contributed by atoms with E-state index in [0.29, 0.717) is 32.7 Å². The lowest BCUT2D eigenvalue weighted by Gasteiger charge is -2.20. The van der Waals surface area contributed by atoms with Gasteiger partial charge in [0.2, 0.25) is 5.91 Å². The molecule has 40 heavy (non-hydrogen) atoms. The van der Waals surface area contributed by atoms with Crippen molar-refractivity contribution in [1.82, 2.24) is 0 Å². The zero-order valence-corrected chi connectivity index (χ0v) is 23.3. The number of thiocarbonyl (C=S) groups is 1. The molecule has 206 valence electrons. The van der Waals surface area contributed by atoms with E-state index in [0.717, 1.165) is 12.1 Å². The standard InChI is InChI=1S/C29H23ClF3N3O2S2/c1-38-25-13-6-5-12-24(25)36-28(39)34-20-10-7-11-21(17-20)40-26(18-8-3-2-4-9-18)27(37)35-23-15-14-19(30)16-22(23)29(31,32)33/h2-17,26H,1H3,(H,35,37)(H2,34,36,39). The third-order valence-electron chi connectivity index (χ3n) is 5.59. The van der Waals surface area contributed by atoms with Gasteiger partial charge >= 0.3 is 6.18 Å². The zero-order valence-electron chi connectivity index (χ0n) is 21.0. The van der Waals surface area contributed by atoms with Crippen molar-refractivity contribution in [3.05, 3.63) is 113 Å². The smallest absolute Gasteiger partial charge is 0.418 e. The molecule has 0 bridgehead atoms. The molecule has 0 saturated carbocycles. The van der Waals surface area contributed by atoms with Gasteiger partial charge in [0.05, 0.1) is 24.0 Å². The Kier molecular flexibility index (Phi) is 9.57. The van der Waals surface area contributed by atoms with Gasteiger partial charge in [-0.2, -0.15) is 13.2 Å². The summed E-state index contributed by atoms with van der Waals surface area (Å²) in [6.45, 7) is 0. The Bertz CT molecular complexity index is 1500. The predicted molar refractivity (Wildman–Crippen MR) is 159 cm³/mol. The number of benzene rings is 4. The van der Waals surface area contributed by atoms with Gasteiger partial charge in [-0.15, -0.1) is 11.8 Å². The summed E-state index contributed by atoms with van der Waals surface area (Å²) in [5.41, 5.74) is 0.578. The number of amides is 1. The van der Waals surface area contributed by atoms with Crippen LogP contribution in [0.4, 0.5) is 30.2 Å². The minimum absolute atomic E-state index is 0.0817. The number of ether oxygens (including phenoxy) is 1. The molecule has 3 N–H and O–H groups in total. The molecule has 4 aromatic carbocycles. The molecule has 0 fully saturated rings. The van der Waals surface area contributed by atoms with Crippen molar-refractivity contribution in [3.8, 4) is 5.75 Å². The van der Waals surface area contributed by atoms with Crippen LogP contribution in [0, 0.1) is 0 Å².